The molecular formula is C122H89F5N4S. The summed E-state index contributed by atoms with van der Waals surface area (Å²) in [5.41, 5.74) is 26.6. The van der Waals surface area contributed by atoms with Gasteiger partial charge >= 0.3 is 0 Å². The Morgan fingerprint density at radius 3 is 1.34 bits per heavy atom. The Labute approximate surface area is 769 Å². The third-order valence-corrected chi connectivity index (χ3v) is 25.3. The number of hydrogen-bond acceptors (Lipinski definition) is 5. The first-order valence-electron chi connectivity index (χ1n) is 44.1. The topological polar surface area (TPSA) is 48.1 Å². The van der Waals surface area contributed by atoms with E-state index in [1.165, 1.54) is 164 Å². The molecule has 1 aromatic heterocycles. The minimum absolute atomic E-state index is 0.0494. The number of halogens is 5. The smallest absolute Gasteiger partial charge is 0.200 e. The van der Waals surface area contributed by atoms with E-state index in [4.69, 9.17) is 0 Å². The number of hydrogen-bond donors (Lipinski definition) is 4. The maximum atomic E-state index is 13.3. The summed E-state index contributed by atoms with van der Waals surface area (Å²) in [6.07, 6.45) is 0.988. The van der Waals surface area contributed by atoms with Crippen molar-refractivity contribution in [2.75, 3.05) is 21.3 Å². The van der Waals surface area contributed by atoms with Gasteiger partial charge in [0, 0.05) is 70.8 Å². The molecule has 0 bridgehead atoms. The lowest BCUT2D eigenvalue weighted by Crippen LogP contribution is -2.16. The molecule has 0 unspecified atom stereocenters. The number of para-hydroxylation sites is 3. The van der Waals surface area contributed by atoms with E-state index in [9.17, 15) is 22.0 Å². The molecule has 1 aliphatic rings. The van der Waals surface area contributed by atoms with Crippen LogP contribution in [0.25, 0.3) is 130 Å². The Morgan fingerprint density at radius 1 is 0.227 bits per heavy atom. The molecule has 0 radical (unpaired) electrons. The van der Waals surface area contributed by atoms with Crippen molar-refractivity contribution in [3.63, 3.8) is 0 Å². The molecule has 0 atom stereocenters. The van der Waals surface area contributed by atoms with Crippen LogP contribution in [0.5, 0.6) is 0 Å². The SMILES string of the molecule is CC1(C)c2cc3ccccc3cc2-c2cccc(-c3ccc(Nc4ccccc4)cc3)c21.Fc1c(F)c(F)c(Nc2ccccc2)c(F)c1F.c1ccc(Cc2cccc(-c3ccccc3)c2)cc1.c1ccc(Nc2cccc(-c3cc(-c4ccccc4)c4ccccc4c3)c2)cc1.c1ccc2cc(Nc3cccc4c(-c5cccc6sc7ccccc7c56)cccc34)ccc2c1. The molecular weight excluding hydrogens is 1650 g/mol. The van der Waals surface area contributed by atoms with Crippen LogP contribution in [-0.4, -0.2) is 0 Å². The van der Waals surface area contributed by atoms with E-state index >= 15 is 0 Å². The number of rotatable bonds is 15. The molecule has 4 N–H and O–H groups in total. The molecule has 0 saturated carbocycles. The van der Waals surface area contributed by atoms with Gasteiger partial charge in [-0.15, -0.1) is 11.3 Å². The van der Waals surface area contributed by atoms with E-state index < -0.39 is 34.8 Å². The van der Waals surface area contributed by atoms with Gasteiger partial charge in [-0.1, -0.05) is 366 Å². The van der Waals surface area contributed by atoms with Crippen molar-refractivity contribution in [3.8, 4) is 66.8 Å². The average Bonchev–Trinajstić information content (AvgIpc) is 1.56. The van der Waals surface area contributed by atoms with Gasteiger partial charge in [0.05, 0.1) is 0 Å². The lowest BCUT2D eigenvalue weighted by molar-refractivity contribution is 0.382. The zero-order valence-corrected chi connectivity index (χ0v) is 73.3. The molecule has 1 heterocycles. The minimum Gasteiger partial charge on any atom is -0.356 e. The fourth-order valence-corrected chi connectivity index (χ4v) is 18.9. The predicted octanol–water partition coefficient (Wildman–Crippen LogP) is 35.3. The third kappa shape index (κ3) is 18.6. The molecule has 0 aliphatic heterocycles. The highest BCUT2D eigenvalue weighted by Gasteiger charge is 2.38. The monoisotopic (exact) mass is 1740 g/mol. The fourth-order valence-electron chi connectivity index (χ4n) is 17.8. The highest BCUT2D eigenvalue weighted by molar-refractivity contribution is 7.26. The Balaban J connectivity index is 0.000000109. The Hall–Kier alpha value is -16.3. The van der Waals surface area contributed by atoms with E-state index in [1.54, 1.807) is 18.2 Å². The normalized spacial score (nSPS) is 11.5. The lowest BCUT2D eigenvalue weighted by atomic mass is 9.78. The standard InChI is InChI=1S/C32H21NS.C31H25N.C28H21N.C19H16.C12H6F5N/c1-2-9-22-20-23(19-18-21(22)8-1)33-29-15-6-12-24-25(11-5-13-26(24)29)27-14-7-17-31-32(27)28-10-3-4-16-30(28)34-31;1-31(2)29-20-23-10-7-6-9-22(23)19-28(29)27-14-8-13-26(30(27)31)21-15-17-25(18-16-21)32-24-11-4-3-5-12-24;1-3-10-21(11-4-1)28-20-24(18-23-12-7-8-17-27(23)28)22-13-9-16-26(19-22)29-25-14-5-2-6-15-25;1-3-8-16(9-4-1)14-17-10-7-13-19(15-17)18-11-5-2-6-12-18;13-7-8(14)10(16)12(11(17)9(7)15)18-6-4-2-1-3-5-6/h1-20,33H;3-20,32H,1-2H3;1-20,29H;1-13,15H,14H2;1-5,18H. The van der Waals surface area contributed by atoms with Gasteiger partial charge in [0.15, 0.2) is 23.3 Å². The zero-order valence-electron chi connectivity index (χ0n) is 72.5. The van der Waals surface area contributed by atoms with Crippen LogP contribution in [0, 0.1) is 29.1 Å². The molecule has 1 aliphatic carbocycles. The summed E-state index contributed by atoms with van der Waals surface area (Å²) in [6.45, 7) is 4.72. The summed E-state index contributed by atoms with van der Waals surface area (Å²) >= 11 is 1.87. The van der Waals surface area contributed by atoms with Crippen molar-refractivity contribution in [2.45, 2.75) is 25.7 Å². The highest BCUT2D eigenvalue weighted by atomic mass is 32.1. The predicted molar refractivity (Wildman–Crippen MR) is 548 cm³/mol. The van der Waals surface area contributed by atoms with E-state index in [2.05, 4.69) is 435 Å². The second kappa shape index (κ2) is 38.7. The van der Waals surface area contributed by atoms with Gasteiger partial charge in [-0.05, 0) is 248 Å². The van der Waals surface area contributed by atoms with E-state index in [-0.39, 0.29) is 11.1 Å². The number of thiophene rings is 1. The van der Waals surface area contributed by atoms with E-state index in [0.29, 0.717) is 0 Å². The first-order valence-corrected chi connectivity index (χ1v) is 44.9. The van der Waals surface area contributed by atoms with Crippen LogP contribution in [0.2, 0.25) is 0 Å². The van der Waals surface area contributed by atoms with Crippen molar-refractivity contribution >= 4 is 120 Å². The number of benzene rings is 21. The molecule has 4 nitrogen and oxygen atoms in total. The molecule has 638 valence electrons. The Bertz CT molecular complexity index is 7840. The molecule has 10 heteroatoms. The second-order valence-corrected chi connectivity index (χ2v) is 34.3. The van der Waals surface area contributed by atoms with E-state index in [0.717, 1.165) is 40.5 Å². The molecule has 0 spiro atoms. The molecule has 23 rings (SSSR count). The molecule has 0 amide bonds. The van der Waals surface area contributed by atoms with Crippen molar-refractivity contribution in [1.82, 2.24) is 0 Å². The van der Waals surface area contributed by atoms with Crippen LogP contribution in [0.3, 0.4) is 0 Å². The van der Waals surface area contributed by atoms with Gasteiger partial charge in [0.2, 0.25) is 5.82 Å². The molecule has 21 aromatic carbocycles. The van der Waals surface area contributed by atoms with Crippen LogP contribution in [0.4, 0.5) is 67.5 Å². The minimum atomic E-state index is -2.18. The highest BCUT2D eigenvalue weighted by Crippen LogP contribution is 2.54. The summed E-state index contributed by atoms with van der Waals surface area (Å²) in [5.74, 6) is -9.92. The average molecular weight is 1740 g/mol. The summed E-state index contributed by atoms with van der Waals surface area (Å²) in [7, 11) is 0. The summed E-state index contributed by atoms with van der Waals surface area (Å²) < 4.78 is 67.9. The van der Waals surface area contributed by atoms with E-state index in [1.807, 2.05) is 47.7 Å². The van der Waals surface area contributed by atoms with Crippen LogP contribution in [0.15, 0.2) is 467 Å². The van der Waals surface area contributed by atoms with Crippen LogP contribution in [-0.2, 0) is 11.8 Å². The maximum Gasteiger partial charge on any atom is 0.200 e. The largest absolute Gasteiger partial charge is 0.356 e. The number of nitrogens with one attached hydrogen (secondary N) is 4. The van der Waals surface area contributed by atoms with Crippen LogP contribution in [0.1, 0.15) is 36.1 Å². The quantitative estimate of drug-likeness (QED) is 0.0469. The van der Waals surface area contributed by atoms with Crippen molar-refractivity contribution < 1.29 is 22.0 Å². The first-order chi connectivity index (χ1) is 64.8. The van der Waals surface area contributed by atoms with Crippen molar-refractivity contribution in [3.05, 3.63) is 518 Å². The van der Waals surface area contributed by atoms with Gasteiger partial charge in [-0.2, -0.15) is 0 Å². The summed E-state index contributed by atoms with van der Waals surface area (Å²) in [5, 5.41) is 25.6. The van der Waals surface area contributed by atoms with Gasteiger partial charge in [-0.25, -0.2) is 22.0 Å². The van der Waals surface area contributed by atoms with Gasteiger partial charge < -0.3 is 21.3 Å². The Morgan fingerprint density at radius 2 is 0.659 bits per heavy atom. The second-order valence-electron chi connectivity index (χ2n) is 33.2. The maximum absolute atomic E-state index is 13.3. The third-order valence-electron chi connectivity index (χ3n) is 24.2. The zero-order chi connectivity index (χ0) is 89.9. The molecule has 0 fully saturated rings. The fraction of sp³-hybridized carbons (Fsp3) is 0.0328. The molecule has 0 saturated heterocycles. The summed E-state index contributed by atoms with van der Waals surface area (Å²) in [4.78, 5) is 0. The van der Waals surface area contributed by atoms with Crippen LogP contribution < -0.4 is 21.3 Å². The molecule has 22 aromatic rings. The van der Waals surface area contributed by atoms with Crippen molar-refractivity contribution in [1.29, 1.82) is 0 Å². The summed E-state index contributed by atoms with van der Waals surface area (Å²) in [6, 6.07) is 163. The lowest BCUT2D eigenvalue weighted by Gasteiger charge is -2.25. The van der Waals surface area contributed by atoms with Gasteiger partial charge in [0.1, 0.15) is 5.69 Å². The number of anilines is 8. The molecule has 132 heavy (non-hydrogen) atoms. The van der Waals surface area contributed by atoms with Gasteiger partial charge in [0.25, 0.3) is 0 Å². The Kier molecular flexibility index (Phi) is 25.0. The van der Waals surface area contributed by atoms with Crippen molar-refractivity contribution in [2.24, 2.45) is 0 Å². The van der Waals surface area contributed by atoms with Crippen LogP contribution >= 0.6 is 11.3 Å². The first kappa shape index (κ1) is 85.2. The van der Waals surface area contributed by atoms with Gasteiger partial charge in [-0.3, -0.25) is 0 Å². The number of fused-ring (bicyclic) bond motifs is 10.